The van der Waals surface area contributed by atoms with E-state index in [0.29, 0.717) is 36.5 Å². The van der Waals surface area contributed by atoms with Crippen LogP contribution in [0.15, 0.2) is 30.3 Å². The van der Waals surface area contributed by atoms with Crippen LogP contribution in [0.1, 0.15) is 18.4 Å². The maximum absolute atomic E-state index is 6.06. The maximum Gasteiger partial charge on any atom is 0.0717 e. The van der Waals surface area contributed by atoms with Gasteiger partial charge in [-0.1, -0.05) is 30.3 Å². The van der Waals surface area contributed by atoms with Crippen molar-refractivity contribution in [2.45, 2.75) is 31.7 Å². The number of alkyl halides is 1. The topological polar surface area (TPSA) is 18.5 Å². The molecular formula is C15H19ClO2. The average Bonchev–Trinajstić information content (AvgIpc) is 3.00. The third kappa shape index (κ3) is 2.42. The molecule has 0 aromatic heterocycles. The van der Waals surface area contributed by atoms with Crippen molar-refractivity contribution in [2.24, 2.45) is 11.8 Å². The number of halogens is 1. The first-order valence-electron chi connectivity index (χ1n) is 6.71. The van der Waals surface area contributed by atoms with Gasteiger partial charge in [0.1, 0.15) is 0 Å². The number of rotatable bonds is 5. The van der Waals surface area contributed by atoms with Gasteiger partial charge in [-0.2, -0.15) is 0 Å². The molecule has 0 spiro atoms. The lowest BCUT2D eigenvalue weighted by Crippen LogP contribution is -2.31. The molecule has 2 aliphatic heterocycles. The molecule has 4 atom stereocenters. The van der Waals surface area contributed by atoms with Crippen LogP contribution in [0.3, 0.4) is 0 Å². The van der Waals surface area contributed by atoms with E-state index in [4.69, 9.17) is 21.1 Å². The van der Waals surface area contributed by atoms with Crippen molar-refractivity contribution in [3.05, 3.63) is 35.9 Å². The SMILES string of the molecule is ClC[C@H]1[C@@H](COCc2ccccc2)[C@H]2CC[C@@H]1O2. The van der Waals surface area contributed by atoms with Crippen LogP contribution in [-0.2, 0) is 16.1 Å². The Labute approximate surface area is 113 Å². The van der Waals surface area contributed by atoms with Crippen LogP contribution < -0.4 is 0 Å². The number of ether oxygens (including phenoxy) is 2. The van der Waals surface area contributed by atoms with Crippen LogP contribution in [0.25, 0.3) is 0 Å². The summed E-state index contributed by atoms with van der Waals surface area (Å²) >= 11 is 6.06. The van der Waals surface area contributed by atoms with E-state index in [9.17, 15) is 0 Å². The Kier molecular flexibility index (Phi) is 3.88. The van der Waals surface area contributed by atoms with E-state index in [1.807, 2.05) is 18.2 Å². The highest BCUT2D eigenvalue weighted by Gasteiger charge is 2.48. The second-order valence-corrected chi connectivity index (χ2v) is 5.58. The Morgan fingerprint density at radius 2 is 1.83 bits per heavy atom. The minimum atomic E-state index is 0.384. The molecule has 0 aliphatic carbocycles. The molecular weight excluding hydrogens is 248 g/mol. The summed E-state index contributed by atoms with van der Waals surface area (Å²) in [5.41, 5.74) is 1.23. The number of benzene rings is 1. The first kappa shape index (κ1) is 12.5. The van der Waals surface area contributed by atoms with E-state index < -0.39 is 0 Å². The lowest BCUT2D eigenvalue weighted by Gasteiger charge is -2.26. The lowest BCUT2D eigenvalue weighted by atomic mass is 9.81. The van der Waals surface area contributed by atoms with Gasteiger partial charge < -0.3 is 9.47 Å². The molecule has 1 aromatic rings. The van der Waals surface area contributed by atoms with Crippen LogP contribution in [0, 0.1) is 11.8 Å². The Hall–Kier alpha value is -0.570. The van der Waals surface area contributed by atoms with Crippen molar-refractivity contribution in [1.82, 2.24) is 0 Å². The number of fused-ring (bicyclic) bond motifs is 2. The molecule has 2 aliphatic rings. The quantitative estimate of drug-likeness (QED) is 0.762. The summed E-state index contributed by atoms with van der Waals surface area (Å²) in [6.07, 6.45) is 3.13. The highest BCUT2D eigenvalue weighted by atomic mass is 35.5. The Balaban J connectivity index is 1.51. The van der Waals surface area contributed by atoms with E-state index in [2.05, 4.69) is 12.1 Å². The molecule has 98 valence electrons. The molecule has 3 rings (SSSR count). The average molecular weight is 267 g/mol. The fourth-order valence-electron chi connectivity index (χ4n) is 3.20. The van der Waals surface area contributed by atoms with Gasteiger partial charge in [0.25, 0.3) is 0 Å². The summed E-state index contributed by atoms with van der Waals surface area (Å²) in [5.74, 6) is 1.67. The van der Waals surface area contributed by atoms with Gasteiger partial charge in [0.05, 0.1) is 25.4 Å². The van der Waals surface area contributed by atoms with Gasteiger partial charge in [0.15, 0.2) is 0 Å². The Morgan fingerprint density at radius 3 is 2.56 bits per heavy atom. The van der Waals surface area contributed by atoms with Crippen molar-refractivity contribution >= 4 is 11.6 Å². The van der Waals surface area contributed by atoms with Gasteiger partial charge in [0.2, 0.25) is 0 Å². The molecule has 1 aromatic carbocycles. The van der Waals surface area contributed by atoms with Gasteiger partial charge in [-0.15, -0.1) is 11.6 Å². The summed E-state index contributed by atoms with van der Waals surface area (Å²) in [7, 11) is 0. The largest absolute Gasteiger partial charge is 0.376 e. The molecule has 0 N–H and O–H groups in total. The molecule has 2 heterocycles. The summed E-state index contributed by atoms with van der Waals surface area (Å²) < 4.78 is 11.8. The van der Waals surface area contributed by atoms with Gasteiger partial charge >= 0.3 is 0 Å². The van der Waals surface area contributed by atoms with Crippen molar-refractivity contribution in [3.8, 4) is 0 Å². The van der Waals surface area contributed by atoms with Crippen LogP contribution in [-0.4, -0.2) is 24.7 Å². The highest BCUT2D eigenvalue weighted by Crippen LogP contribution is 2.44. The van der Waals surface area contributed by atoms with Crippen LogP contribution in [0.5, 0.6) is 0 Å². The van der Waals surface area contributed by atoms with Gasteiger partial charge in [-0.05, 0) is 18.4 Å². The third-order valence-corrected chi connectivity index (χ3v) is 4.55. The van der Waals surface area contributed by atoms with Crippen molar-refractivity contribution < 1.29 is 9.47 Å². The summed E-state index contributed by atoms with van der Waals surface area (Å²) in [6, 6.07) is 10.3. The predicted octanol–water partition coefficient (Wildman–Crippen LogP) is 3.24. The molecule has 0 saturated carbocycles. The summed E-state index contributed by atoms with van der Waals surface area (Å²) in [6.45, 7) is 1.46. The van der Waals surface area contributed by atoms with E-state index in [1.165, 1.54) is 18.4 Å². The van der Waals surface area contributed by atoms with Crippen molar-refractivity contribution in [3.63, 3.8) is 0 Å². The number of hydrogen-bond donors (Lipinski definition) is 0. The molecule has 2 fully saturated rings. The van der Waals surface area contributed by atoms with E-state index in [-0.39, 0.29) is 0 Å². The van der Waals surface area contributed by atoms with E-state index in [1.54, 1.807) is 0 Å². The van der Waals surface area contributed by atoms with E-state index >= 15 is 0 Å². The molecule has 2 saturated heterocycles. The minimum Gasteiger partial charge on any atom is -0.376 e. The van der Waals surface area contributed by atoms with Crippen molar-refractivity contribution in [2.75, 3.05) is 12.5 Å². The number of hydrogen-bond acceptors (Lipinski definition) is 2. The second kappa shape index (κ2) is 5.60. The third-order valence-electron chi connectivity index (χ3n) is 4.19. The molecule has 0 unspecified atom stereocenters. The maximum atomic E-state index is 6.06. The highest BCUT2D eigenvalue weighted by molar-refractivity contribution is 6.18. The van der Waals surface area contributed by atoms with Crippen molar-refractivity contribution in [1.29, 1.82) is 0 Å². The Morgan fingerprint density at radius 1 is 1.11 bits per heavy atom. The van der Waals surface area contributed by atoms with Crippen LogP contribution in [0.4, 0.5) is 0 Å². The zero-order valence-electron chi connectivity index (χ0n) is 10.4. The van der Waals surface area contributed by atoms with Gasteiger partial charge in [0, 0.05) is 17.7 Å². The normalized spacial score (nSPS) is 34.1. The first-order chi connectivity index (χ1) is 8.88. The summed E-state index contributed by atoms with van der Waals surface area (Å²) in [5, 5.41) is 0. The van der Waals surface area contributed by atoms with E-state index in [0.717, 1.165) is 6.61 Å². The fourth-order valence-corrected chi connectivity index (χ4v) is 3.63. The first-order valence-corrected chi connectivity index (χ1v) is 7.25. The molecule has 0 radical (unpaired) electrons. The molecule has 3 heteroatoms. The minimum absolute atomic E-state index is 0.384. The smallest absolute Gasteiger partial charge is 0.0717 e. The lowest BCUT2D eigenvalue weighted by molar-refractivity contribution is 0.0427. The zero-order chi connectivity index (χ0) is 12.4. The predicted molar refractivity (Wildman–Crippen MR) is 71.7 cm³/mol. The van der Waals surface area contributed by atoms with Crippen LogP contribution >= 0.6 is 11.6 Å². The molecule has 2 nitrogen and oxygen atoms in total. The monoisotopic (exact) mass is 266 g/mol. The van der Waals surface area contributed by atoms with Crippen LogP contribution in [0.2, 0.25) is 0 Å². The summed E-state index contributed by atoms with van der Waals surface area (Å²) in [4.78, 5) is 0. The Bertz CT molecular complexity index is 381. The zero-order valence-corrected chi connectivity index (χ0v) is 11.2. The molecule has 0 amide bonds. The molecule has 2 bridgehead atoms. The van der Waals surface area contributed by atoms with Gasteiger partial charge in [-0.25, -0.2) is 0 Å². The van der Waals surface area contributed by atoms with Gasteiger partial charge in [-0.3, -0.25) is 0 Å². The standard InChI is InChI=1S/C15H19ClO2/c16-8-12-13(15-7-6-14(12)18-15)10-17-9-11-4-2-1-3-5-11/h1-5,12-15H,6-10H2/t12-,13+,14-,15+/m0/s1. The fraction of sp³-hybridized carbons (Fsp3) is 0.600. The molecule has 18 heavy (non-hydrogen) atoms. The second-order valence-electron chi connectivity index (χ2n) is 5.27.